The van der Waals surface area contributed by atoms with Crippen LogP contribution in [0.5, 0.6) is 5.75 Å². The molecule has 1 atom stereocenters. The Bertz CT molecular complexity index is 1560. The van der Waals surface area contributed by atoms with Crippen molar-refractivity contribution in [3.8, 4) is 5.75 Å². The number of nitrogens with one attached hydrogen (secondary N) is 1. The maximum absolute atomic E-state index is 12.3. The van der Waals surface area contributed by atoms with Crippen molar-refractivity contribution >= 4 is 52.7 Å². The number of hydrogen-bond donors (Lipinski definition) is 2. The number of benzene rings is 3. The SMILES string of the molecule is COCCOC(C)C(=O)OCSC(=Nc1c(C)cccc1C)N/N=C/c1ccc(C(N)=NC=Nc2ccc(OC(F)(F)F)cc2)cc1. The van der Waals surface area contributed by atoms with Crippen LogP contribution in [0.4, 0.5) is 24.5 Å². The molecule has 0 saturated carbocycles. The number of methoxy groups -OCH3 is 1. The number of nitrogens with two attached hydrogens (primary N) is 1. The van der Waals surface area contributed by atoms with Gasteiger partial charge in [0.15, 0.2) is 11.3 Å². The number of thioether (sulfide) groups is 1. The molecule has 1 unspecified atom stereocenters. The third kappa shape index (κ3) is 13.3. The zero-order chi connectivity index (χ0) is 34.2. The summed E-state index contributed by atoms with van der Waals surface area (Å²) in [5.41, 5.74) is 13.4. The predicted octanol–water partition coefficient (Wildman–Crippen LogP) is 6.16. The zero-order valence-electron chi connectivity index (χ0n) is 26.2. The van der Waals surface area contributed by atoms with Crippen LogP contribution in [0.1, 0.15) is 29.2 Å². The van der Waals surface area contributed by atoms with E-state index in [4.69, 9.17) is 24.9 Å². The number of para-hydroxylation sites is 1. The van der Waals surface area contributed by atoms with Crippen molar-refractivity contribution in [2.75, 3.05) is 26.3 Å². The summed E-state index contributed by atoms with van der Waals surface area (Å²) in [6.07, 6.45) is -2.72. The van der Waals surface area contributed by atoms with Gasteiger partial charge in [-0.1, -0.05) is 42.5 Å². The van der Waals surface area contributed by atoms with Crippen LogP contribution in [0.3, 0.4) is 0 Å². The Morgan fingerprint density at radius 3 is 2.34 bits per heavy atom. The van der Waals surface area contributed by atoms with E-state index in [0.29, 0.717) is 23.0 Å². The van der Waals surface area contributed by atoms with Crippen LogP contribution in [0, 0.1) is 13.8 Å². The van der Waals surface area contributed by atoms with E-state index in [1.165, 1.54) is 18.5 Å². The minimum atomic E-state index is -4.77. The molecule has 0 aliphatic carbocycles. The first-order valence-corrected chi connectivity index (χ1v) is 15.1. The second kappa shape index (κ2) is 18.4. The third-order valence-corrected chi connectivity index (χ3v) is 6.78. The fraction of sp³-hybridized carbons (Fsp3) is 0.281. The van der Waals surface area contributed by atoms with E-state index in [9.17, 15) is 18.0 Å². The summed E-state index contributed by atoms with van der Waals surface area (Å²) in [4.78, 5) is 25.2. The van der Waals surface area contributed by atoms with Crippen molar-refractivity contribution in [2.45, 2.75) is 33.2 Å². The molecule has 0 aliphatic rings. The highest BCUT2D eigenvalue weighted by molar-refractivity contribution is 8.13. The summed E-state index contributed by atoms with van der Waals surface area (Å²) in [5.74, 6) is -0.693. The minimum Gasteiger partial charge on any atom is -0.452 e. The zero-order valence-corrected chi connectivity index (χ0v) is 27.0. The maximum Gasteiger partial charge on any atom is 0.573 e. The highest BCUT2D eigenvalue weighted by Gasteiger charge is 2.30. The van der Waals surface area contributed by atoms with Gasteiger partial charge in [0.2, 0.25) is 0 Å². The molecule has 3 aromatic rings. The van der Waals surface area contributed by atoms with Gasteiger partial charge < -0.3 is 24.7 Å². The molecule has 0 aliphatic heterocycles. The molecule has 3 aromatic carbocycles. The molecular weight excluding hydrogens is 637 g/mol. The number of carbonyl (C=O) groups excluding carboxylic acids is 1. The van der Waals surface area contributed by atoms with Gasteiger partial charge in [-0.25, -0.2) is 19.8 Å². The number of rotatable bonds is 14. The molecule has 0 bridgehead atoms. The van der Waals surface area contributed by atoms with Crippen LogP contribution < -0.4 is 15.9 Å². The summed E-state index contributed by atoms with van der Waals surface area (Å²) in [6.45, 7) is 6.15. The van der Waals surface area contributed by atoms with Gasteiger partial charge in [-0.2, -0.15) is 5.10 Å². The summed E-state index contributed by atoms with van der Waals surface area (Å²) in [6, 6.07) is 17.9. The number of esters is 1. The molecule has 47 heavy (non-hydrogen) atoms. The Hall–Kier alpha value is -4.73. The fourth-order valence-electron chi connectivity index (χ4n) is 3.68. The topological polar surface area (TPSA) is 141 Å². The summed E-state index contributed by atoms with van der Waals surface area (Å²) in [7, 11) is 1.55. The first-order chi connectivity index (χ1) is 22.4. The normalized spacial score (nSPS) is 13.3. The number of hydrogen-bond acceptors (Lipinski definition) is 9. The number of ether oxygens (including phenoxy) is 4. The van der Waals surface area contributed by atoms with Crippen LogP contribution in [0.2, 0.25) is 0 Å². The number of nitrogens with zero attached hydrogens (tertiary/aromatic N) is 4. The van der Waals surface area contributed by atoms with Crippen molar-refractivity contribution in [2.24, 2.45) is 25.8 Å². The van der Waals surface area contributed by atoms with Gasteiger partial charge in [-0.05, 0) is 73.5 Å². The van der Waals surface area contributed by atoms with E-state index < -0.39 is 18.4 Å². The second-order valence-electron chi connectivity index (χ2n) is 9.68. The molecule has 0 aromatic heterocycles. The molecular formula is C32H35F3N6O5S. The second-order valence-corrected chi connectivity index (χ2v) is 10.6. The summed E-state index contributed by atoms with van der Waals surface area (Å²) in [5, 5.41) is 4.72. The van der Waals surface area contributed by atoms with Crippen molar-refractivity contribution in [3.05, 3.63) is 89.0 Å². The van der Waals surface area contributed by atoms with Crippen molar-refractivity contribution in [3.63, 3.8) is 0 Å². The molecule has 0 fully saturated rings. The van der Waals surface area contributed by atoms with Crippen LogP contribution in [0.25, 0.3) is 0 Å². The lowest BCUT2D eigenvalue weighted by Crippen LogP contribution is -2.25. The summed E-state index contributed by atoms with van der Waals surface area (Å²) < 4.78 is 56.4. The van der Waals surface area contributed by atoms with Gasteiger partial charge in [0, 0.05) is 12.7 Å². The first-order valence-electron chi connectivity index (χ1n) is 14.1. The van der Waals surface area contributed by atoms with Gasteiger partial charge in [0.05, 0.1) is 30.8 Å². The van der Waals surface area contributed by atoms with E-state index in [-0.39, 0.29) is 24.1 Å². The van der Waals surface area contributed by atoms with Crippen LogP contribution in [-0.4, -0.2) is 68.3 Å². The number of hydrazone groups is 1. The Morgan fingerprint density at radius 1 is 1.02 bits per heavy atom. The number of aliphatic imine (C=N–C) groups is 3. The Kier molecular flexibility index (Phi) is 14.4. The van der Waals surface area contributed by atoms with Crippen LogP contribution in [0.15, 0.2) is 86.8 Å². The molecule has 3 N–H and O–H groups in total. The van der Waals surface area contributed by atoms with Crippen LogP contribution in [-0.2, 0) is 19.0 Å². The van der Waals surface area contributed by atoms with E-state index in [1.807, 2.05) is 32.0 Å². The molecule has 3 rings (SSSR count). The predicted molar refractivity (Wildman–Crippen MR) is 178 cm³/mol. The molecule has 0 radical (unpaired) electrons. The Labute approximate surface area is 274 Å². The molecule has 11 nitrogen and oxygen atoms in total. The third-order valence-electron chi connectivity index (χ3n) is 6.09. The average Bonchev–Trinajstić information content (AvgIpc) is 3.03. The minimum absolute atomic E-state index is 0.0164. The van der Waals surface area contributed by atoms with E-state index in [0.717, 1.165) is 46.3 Å². The quantitative estimate of drug-likeness (QED) is 0.0518. The summed E-state index contributed by atoms with van der Waals surface area (Å²) >= 11 is 1.16. The lowest BCUT2D eigenvalue weighted by molar-refractivity contribution is -0.274. The average molecular weight is 673 g/mol. The largest absolute Gasteiger partial charge is 0.573 e. The number of aryl methyl sites for hydroxylation is 2. The van der Waals surface area contributed by atoms with Gasteiger partial charge in [0.1, 0.15) is 23.9 Å². The molecule has 0 amide bonds. The van der Waals surface area contributed by atoms with E-state index in [1.54, 1.807) is 44.5 Å². The molecule has 0 spiro atoms. The lowest BCUT2D eigenvalue weighted by Gasteiger charge is -2.13. The van der Waals surface area contributed by atoms with Crippen molar-refractivity contribution in [1.29, 1.82) is 0 Å². The highest BCUT2D eigenvalue weighted by atomic mass is 32.2. The number of amidine groups is 2. The van der Waals surface area contributed by atoms with E-state index in [2.05, 4.69) is 25.2 Å². The van der Waals surface area contributed by atoms with Gasteiger partial charge in [-0.15, -0.1) is 13.2 Å². The molecule has 0 saturated heterocycles. The Morgan fingerprint density at radius 2 is 1.70 bits per heavy atom. The maximum atomic E-state index is 12.3. The van der Waals surface area contributed by atoms with Gasteiger partial charge >= 0.3 is 12.3 Å². The fourth-order valence-corrected chi connectivity index (χ4v) is 4.24. The van der Waals surface area contributed by atoms with Gasteiger partial charge in [-0.3, -0.25) is 5.43 Å². The monoisotopic (exact) mass is 672 g/mol. The van der Waals surface area contributed by atoms with Gasteiger partial charge in [0.25, 0.3) is 0 Å². The van der Waals surface area contributed by atoms with Crippen molar-refractivity contribution < 1.29 is 36.9 Å². The lowest BCUT2D eigenvalue weighted by atomic mass is 10.1. The smallest absolute Gasteiger partial charge is 0.452 e. The Balaban J connectivity index is 1.62. The van der Waals surface area contributed by atoms with Crippen molar-refractivity contribution in [1.82, 2.24) is 5.43 Å². The van der Waals surface area contributed by atoms with Crippen LogP contribution >= 0.6 is 11.8 Å². The highest BCUT2D eigenvalue weighted by Crippen LogP contribution is 2.26. The number of halogens is 3. The molecule has 250 valence electrons. The van der Waals surface area contributed by atoms with E-state index >= 15 is 0 Å². The standard InChI is InChI=1S/C32H35F3N6O5S/c1-21-6-5-7-22(2)28(21)40-31(47-20-45-30(42)23(3)44-17-16-43-4)41-39-18-24-8-10-25(11-9-24)29(36)38-19-37-26-12-14-27(15-13-26)46-32(33,34)35/h5-15,18-19,23H,16-17,20H2,1-4H3,(H,40,41)(H2,36,37,38)/b39-18+. The number of carbonyl (C=O) groups is 1. The first kappa shape index (κ1) is 36.7. The molecule has 0 heterocycles. The number of alkyl halides is 3. The molecule has 15 heteroatoms.